The quantitative estimate of drug-likeness (QED) is 0.208. The molecule has 5 aromatic carbocycles. The number of hydrogen-bond donors (Lipinski definition) is 0. The van der Waals surface area contributed by atoms with Crippen LogP contribution in [0.15, 0.2) is 150 Å². The molecular formula is C40H27N3O. The van der Waals surface area contributed by atoms with Crippen LogP contribution in [0.5, 0.6) is 0 Å². The van der Waals surface area contributed by atoms with Crippen LogP contribution in [0, 0.1) is 6.92 Å². The third-order valence-corrected chi connectivity index (χ3v) is 8.18. The summed E-state index contributed by atoms with van der Waals surface area (Å²) in [6.45, 7) is 2.12. The van der Waals surface area contributed by atoms with E-state index in [9.17, 15) is 0 Å². The molecule has 0 unspecified atom stereocenters. The average Bonchev–Trinajstić information content (AvgIpc) is 3.47. The van der Waals surface area contributed by atoms with E-state index in [1.807, 2.05) is 36.5 Å². The molecule has 0 radical (unpaired) electrons. The number of furan rings is 1. The molecule has 4 heteroatoms. The maximum absolute atomic E-state index is 6.04. The molecule has 0 spiro atoms. The van der Waals surface area contributed by atoms with Gasteiger partial charge in [-0.15, -0.1) is 0 Å². The lowest BCUT2D eigenvalue weighted by atomic mass is 9.98. The Morgan fingerprint density at radius 2 is 1.16 bits per heavy atom. The van der Waals surface area contributed by atoms with E-state index in [1.54, 1.807) is 6.20 Å². The van der Waals surface area contributed by atoms with Crippen molar-refractivity contribution in [2.24, 2.45) is 0 Å². The summed E-state index contributed by atoms with van der Waals surface area (Å²) in [6.07, 6.45) is 3.67. The average molecular weight is 566 g/mol. The highest BCUT2D eigenvalue weighted by Crippen LogP contribution is 2.36. The molecule has 0 atom stereocenters. The predicted molar refractivity (Wildman–Crippen MR) is 179 cm³/mol. The second kappa shape index (κ2) is 10.8. The SMILES string of the molecule is Cc1ccccc1-c1cc(-c2ccc(-c3ccc4oc5ccccc5c4c3)cc2)nc(-c2ccccc2-c2cccnc2)n1. The van der Waals surface area contributed by atoms with Crippen LogP contribution in [0.1, 0.15) is 5.56 Å². The molecule has 0 aliphatic rings. The Kier molecular flexibility index (Phi) is 6.31. The summed E-state index contributed by atoms with van der Waals surface area (Å²) in [5, 5.41) is 2.25. The maximum atomic E-state index is 6.04. The van der Waals surface area contributed by atoms with Gasteiger partial charge in [0.05, 0.1) is 11.4 Å². The van der Waals surface area contributed by atoms with Crippen molar-refractivity contribution in [2.45, 2.75) is 6.92 Å². The van der Waals surface area contributed by atoms with Crippen LogP contribution in [0.25, 0.3) is 78.1 Å². The number of nitrogens with zero attached hydrogens (tertiary/aromatic N) is 3. The van der Waals surface area contributed by atoms with Crippen molar-refractivity contribution in [1.29, 1.82) is 0 Å². The number of pyridine rings is 1. The Bertz CT molecular complexity index is 2290. The summed E-state index contributed by atoms with van der Waals surface area (Å²) in [5.41, 5.74) is 12.2. The summed E-state index contributed by atoms with van der Waals surface area (Å²) in [4.78, 5) is 14.6. The molecule has 0 fully saturated rings. The molecule has 208 valence electrons. The van der Waals surface area contributed by atoms with E-state index < -0.39 is 0 Å². The maximum Gasteiger partial charge on any atom is 0.161 e. The number of hydrogen-bond acceptors (Lipinski definition) is 4. The van der Waals surface area contributed by atoms with Gasteiger partial charge in [0.1, 0.15) is 11.2 Å². The van der Waals surface area contributed by atoms with Crippen LogP contribution in [-0.2, 0) is 0 Å². The molecule has 3 heterocycles. The molecule has 8 aromatic rings. The van der Waals surface area contributed by atoms with Crippen molar-refractivity contribution in [1.82, 2.24) is 15.0 Å². The van der Waals surface area contributed by atoms with Crippen molar-refractivity contribution < 1.29 is 4.42 Å². The van der Waals surface area contributed by atoms with E-state index in [0.717, 1.165) is 72.3 Å². The first-order chi connectivity index (χ1) is 21.7. The minimum Gasteiger partial charge on any atom is -0.456 e. The molecule has 0 bridgehead atoms. The van der Waals surface area contributed by atoms with Crippen LogP contribution in [0.2, 0.25) is 0 Å². The lowest BCUT2D eigenvalue weighted by Gasteiger charge is -2.13. The Morgan fingerprint density at radius 1 is 0.477 bits per heavy atom. The van der Waals surface area contributed by atoms with E-state index >= 15 is 0 Å². The fraction of sp³-hybridized carbons (Fsp3) is 0.0250. The zero-order valence-corrected chi connectivity index (χ0v) is 24.1. The summed E-state index contributed by atoms with van der Waals surface area (Å²) >= 11 is 0. The fourth-order valence-electron chi connectivity index (χ4n) is 5.90. The second-order valence-corrected chi connectivity index (χ2v) is 11.0. The van der Waals surface area contributed by atoms with E-state index in [0.29, 0.717) is 5.82 Å². The highest BCUT2D eigenvalue weighted by atomic mass is 16.3. The standard InChI is InChI=1S/C40H27N3O/c1-26-9-2-3-11-31(26)37-24-36(42-40(43-37)34-14-5-4-12-32(34)30-10-8-22-41-25-30)28-18-16-27(17-19-28)29-20-21-39-35(23-29)33-13-6-7-15-38(33)44-39/h2-25H,1H3. The molecule has 44 heavy (non-hydrogen) atoms. The molecule has 0 aliphatic heterocycles. The normalized spacial score (nSPS) is 11.3. The largest absolute Gasteiger partial charge is 0.456 e. The van der Waals surface area contributed by atoms with E-state index in [-0.39, 0.29) is 0 Å². The number of aromatic nitrogens is 3. The second-order valence-electron chi connectivity index (χ2n) is 11.0. The zero-order valence-electron chi connectivity index (χ0n) is 24.1. The third-order valence-electron chi connectivity index (χ3n) is 8.18. The minimum atomic E-state index is 0.682. The van der Waals surface area contributed by atoms with Gasteiger partial charge in [0.15, 0.2) is 5.82 Å². The van der Waals surface area contributed by atoms with Gasteiger partial charge in [-0.2, -0.15) is 0 Å². The predicted octanol–water partition coefficient (Wildman–Crippen LogP) is 10.4. The Balaban J connectivity index is 1.24. The smallest absolute Gasteiger partial charge is 0.161 e. The lowest BCUT2D eigenvalue weighted by Crippen LogP contribution is -1.98. The van der Waals surface area contributed by atoms with Gasteiger partial charge >= 0.3 is 0 Å². The molecule has 3 aromatic heterocycles. The van der Waals surface area contributed by atoms with Crippen LogP contribution >= 0.6 is 0 Å². The van der Waals surface area contributed by atoms with Gasteiger partial charge in [0, 0.05) is 45.4 Å². The van der Waals surface area contributed by atoms with Gasteiger partial charge in [-0.3, -0.25) is 4.98 Å². The Morgan fingerprint density at radius 3 is 1.98 bits per heavy atom. The summed E-state index contributed by atoms with van der Waals surface area (Å²) in [6, 6.07) is 45.9. The molecule has 0 aliphatic carbocycles. The highest BCUT2D eigenvalue weighted by molar-refractivity contribution is 6.06. The van der Waals surface area contributed by atoms with Crippen molar-refractivity contribution >= 4 is 21.9 Å². The topological polar surface area (TPSA) is 51.8 Å². The van der Waals surface area contributed by atoms with E-state index in [4.69, 9.17) is 14.4 Å². The molecular weight excluding hydrogens is 538 g/mol. The van der Waals surface area contributed by atoms with Gasteiger partial charge in [0.2, 0.25) is 0 Å². The van der Waals surface area contributed by atoms with Crippen molar-refractivity contribution in [3.63, 3.8) is 0 Å². The van der Waals surface area contributed by atoms with Crippen molar-refractivity contribution in [3.05, 3.63) is 151 Å². The molecule has 8 rings (SSSR count). The number of rotatable bonds is 5. The van der Waals surface area contributed by atoms with E-state index in [2.05, 4.69) is 115 Å². The van der Waals surface area contributed by atoms with Gasteiger partial charge in [-0.1, -0.05) is 103 Å². The van der Waals surface area contributed by atoms with Crippen LogP contribution in [0.4, 0.5) is 0 Å². The first-order valence-corrected chi connectivity index (χ1v) is 14.7. The molecule has 4 nitrogen and oxygen atoms in total. The summed E-state index contributed by atoms with van der Waals surface area (Å²) in [5.74, 6) is 0.682. The zero-order chi connectivity index (χ0) is 29.5. The van der Waals surface area contributed by atoms with Crippen LogP contribution < -0.4 is 0 Å². The number of fused-ring (bicyclic) bond motifs is 3. The first kappa shape index (κ1) is 25.8. The van der Waals surface area contributed by atoms with Crippen LogP contribution in [0.3, 0.4) is 0 Å². The molecule has 0 saturated heterocycles. The monoisotopic (exact) mass is 565 g/mol. The molecule has 0 amide bonds. The molecule has 0 N–H and O–H groups in total. The Hall–Kier alpha value is -5.87. The van der Waals surface area contributed by atoms with Gasteiger partial charge in [-0.05, 0) is 59.5 Å². The number of aryl methyl sites for hydroxylation is 1. The molecule has 0 saturated carbocycles. The lowest BCUT2D eigenvalue weighted by molar-refractivity contribution is 0.669. The van der Waals surface area contributed by atoms with Gasteiger partial charge < -0.3 is 4.42 Å². The first-order valence-electron chi connectivity index (χ1n) is 14.7. The minimum absolute atomic E-state index is 0.682. The third kappa shape index (κ3) is 4.63. The van der Waals surface area contributed by atoms with Gasteiger partial charge in [0.25, 0.3) is 0 Å². The summed E-state index contributed by atoms with van der Waals surface area (Å²) in [7, 11) is 0. The summed E-state index contributed by atoms with van der Waals surface area (Å²) < 4.78 is 6.04. The van der Waals surface area contributed by atoms with Crippen molar-refractivity contribution in [2.75, 3.05) is 0 Å². The Labute approximate surface area is 255 Å². The van der Waals surface area contributed by atoms with Gasteiger partial charge in [-0.25, -0.2) is 9.97 Å². The fourth-order valence-corrected chi connectivity index (χ4v) is 5.90. The highest BCUT2D eigenvalue weighted by Gasteiger charge is 2.16. The van der Waals surface area contributed by atoms with E-state index in [1.165, 1.54) is 5.56 Å². The van der Waals surface area contributed by atoms with Crippen molar-refractivity contribution in [3.8, 4) is 56.2 Å². The number of para-hydroxylation sites is 1. The van der Waals surface area contributed by atoms with Crippen LogP contribution in [-0.4, -0.2) is 15.0 Å². The number of benzene rings is 5.